The molecule has 0 radical (unpaired) electrons. The zero-order valence-electron chi connectivity index (χ0n) is 16.2. The third-order valence-electron chi connectivity index (χ3n) is 4.89. The van der Waals surface area contributed by atoms with Crippen LogP contribution in [0.4, 0.5) is 0 Å². The molecular weight excluding hydrogens is 388 g/mol. The van der Waals surface area contributed by atoms with Gasteiger partial charge >= 0.3 is 5.97 Å². The van der Waals surface area contributed by atoms with E-state index in [2.05, 4.69) is 10.3 Å². The maximum absolute atomic E-state index is 12.5. The smallest absolute Gasteiger partial charge is 0.339 e. The molecule has 152 valence electrons. The SMILES string of the molecule is CCCCN1C(=O)c2ccc(C(=O)OCn3nnc4ccccc4c3=O)cc2C1=O. The van der Waals surface area contributed by atoms with E-state index in [1.807, 2.05) is 6.92 Å². The molecule has 0 spiro atoms. The van der Waals surface area contributed by atoms with Crippen molar-refractivity contribution in [3.05, 3.63) is 69.5 Å². The first kappa shape index (κ1) is 19.4. The van der Waals surface area contributed by atoms with Gasteiger partial charge in [0.2, 0.25) is 0 Å². The zero-order valence-corrected chi connectivity index (χ0v) is 16.2. The normalized spacial score (nSPS) is 13.0. The number of rotatable bonds is 6. The van der Waals surface area contributed by atoms with Crippen LogP contribution in [0.25, 0.3) is 10.9 Å². The second-order valence-electron chi connectivity index (χ2n) is 6.85. The van der Waals surface area contributed by atoms with Crippen LogP contribution in [0.3, 0.4) is 0 Å². The van der Waals surface area contributed by atoms with Crippen molar-refractivity contribution in [3.63, 3.8) is 0 Å². The second kappa shape index (κ2) is 7.86. The molecule has 3 aromatic rings. The molecule has 0 atom stereocenters. The van der Waals surface area contributed by atoms with Gasteiger partial charge < -0.3 is 4.74 Å². The van der Waals surface area contributed by atoms with E-state index in [4.69, 9.17) is 4.74 Å². The molecule has 9 heteroatoms. The molecule has 2 heterocycles. The second-order valence-corrected chi connectivity index (χ2v) is 6.85. The van der Waals surface area contributed by atoms with E-state index in [1.54, 1.807) is 24.3 Å². The van der Waals surface area contributed by atoms with Crippen molar-refractivity contribution < 1.29 is 19.1 Å². The number of amides is 2. The fourth-order valence-corrected chi connectivity index (χ4v) is 3.25. The Balaban J connectivity index is 1.51. The van der Waals surface area contributed by atoms with Crippen LogP contribution < -0.4 is 5.56 Å². The summed E-state index contributed by atoms with van der Waals surface area (Å²) in [5.41, 5.74) is 0.556. The summed E-state index contributed by atoms with van der Waals surface area (Å²) in [6.45, 7) is 1.88. The number of benzene rings is 2. The summed E-state index contributed by atoms with van der Waals surface area (Å²) in [5, 5.41) is 8.05. The van der Waals surface area contributed by atoms with Gasteiger partial charge in [0.15, 0.2) is 6.73 Å². The van der Waals surface area contributed by atoms with Crippen molar-refractivity contribution in [1.82, 2.24) is 19.9 Å². The number of carbonyl (C=O) groups excluding carboxylic acids is 3. The number of ether oxygens (including phenoxy) is 1. The lowest BCUT2D eigenvalue weighted by Gasteiger charge is -2.12. The Bertz CT molecular complexity index is 1230. The minimum Gasteiger partial charge on any atom is -0.439 e. The summed E-state index contributed by atoms with van der Waals surface area (Å²) < 4.78 is 6.11. The van der Waals surface area contributed by atoms with Gasteiger partial charge in [-0.1, -0.05) is 30.7 Å². The first-order valence-corrected chi connectivity index (χ1v) is 9.51. The van der Waals surface area contributed by atoms with Gasteiger partial charge in [0.05, 0.1) is 22.1 Å². The molecule has 0 saturated heterocycles. The molecule has 30 heavy (non-hydrogen) atoms. The van der Waals surface area contributed by atoms with Crippen LogP contribution in [0.15, 0.2) is 47.3 Å². The lowest BCUT2D eigenvalue weighted by atomic mass is 10.1. The van der Waals surface area contributed by atoms with Crippen LogP contribution >= 0.6 is 0 Å². The number of esters is 1. The minimum atomic E-state index is -0.744. The van der Waals surface area contributed by atoms with Crippen molar-refractivity contribution in [1.29, 1.82) is 0 Å². The van der Waals surface area contributed by atoms with Crippen molar-refractivity contribution in [3.8, 4) is 0 Å². The largest absolute Gasteiger partial charge is 0.439 e. The Morgan fingerprint density at radius 2 is 1.80 bits per heavy atom. The van der Waals surface area contributed by atoms with E-state index in [9.17, 15) is 19.2 Å². The molecule has 2 amide bonds. The number of imide groups is 1. The summed E-state index contributed by atoms with van der Waals surface area (Å²) in [7, 11) is 0. The molecule has 1 aromatic heterocycles. The Hall–Kier alpha value is -3.88. The molecule has 0 aliphatic carbocycles. The van der Waals surface area contributed by atoms with Gasteiger partial charge in [-0.15, -0.1) is 5.10 Å². The summed E-state index contributed by atoms with van der Waals surface area (Å²) >= 11 is 0. The average Bonchev–Trinajstić information content (AvgIpc) is 3.01. The van der Waals surface area contributed by atoms with Gasteiger partial charge in [-0.05, 0) is 36.8 Å². The van der Waals surface area contributed by atoms with Gasteiger partial charge in [-0.2, -0.15) is 4.68 Å². The zero-order chi connectivity index (χ0) is 21.3. The molecule has 0 unspecified atom stereocenters. The predicted octanol–water partition coefficient (Wildman–Crippen LogP) is 2.00. The molecule has 0 fully saturated rings. The number of aromatic nitrogens is 3. The number of hydrogen-bond acceptors (Lipinski definition) is 7. The Morgan fingerprint density at radius 1 is 1.03 bits per heavy atom. The van der Waals surface area contributed by atoms with Crippen molar-refractivity contribution in [2.75, 3.05) is 6.54 Å². The van der Waals surface area contributed by atoms with E-state index >= 15 is 0 Å². The van der Waals surface area contributed by atoms with Gasteiger partial charge in [-0.3, -0.25) is 19.3 Å². The highest BCUT2D eigenvalue weighted by Gasteiger charge is 2.35. The van der Waals surface area contributed by atoms with Crippen LogP contribution in [0.2, 0.25) is 0 Å². The van der Waals surface area contributed by atoms with Crippen LogP contribution in [0.1, 0.15) is 50.8 Å². The van der Waals surface area contributed by atoms with Crippen LogP contribution in [-0.2, 0) is 11.5 Å². The van der Waals surface area contributed by atoms with Crippen molar-refractivity contribution >= 4 is 28.7 Å². The van der Waals surface area contributed by atoms with Gasteiger partial charge in [-0.25, -0.2) is 4.79 Å². The Kier molecular flexibility index (Phi) is 5.09. The molecule has 1 aliphatic rings. The molecule has 0 N–H and O–H groups in total. The fourth-order valence-electron chi connectivity index (χ4n) is 3.25. The monoisotopic (exact) mass is 406 g/mol. The maximum Gasteiger partial charge on any atom is 0.339 e. The van der Waals surface area contributed by atoms with E-state index in [0.29, 0.717) is 23.9 Å². The summed E-state index contributed by atoms with van der Waals surface area (Å²) in [4.78, 5) is 51.0. The standard InChI is InChI=1S/C21H18N4O5/c1-2-3-10-24-18(26)14-9-8-13(11-16(14)19(24)27)21(29)30-12-25-20(28)15-6-4-5-7-17(15)22-23-25/h4-9,11H,2-3,10,12H2,1H3. The molecule has 0 bridgehead atoms. The topological polar surface area (TPSA) is 111 Å². The highest BCUT2D eigenvalue weighted by Crippen LogP contribution is 2.24. The quantitative estimate of drug-likeness (QED) is 0.455. The van der Waals surface area contributed by atoms with Crippen LogP contribution in [-0.4, -0.2) is 44.2 Å². The van der Waals surface area contributed by atoms with Gasteiger partial charge in [0.1, 0.15) is 5.52 Å². The van der Waals surface area contributed by atoms with Crippen LogP contribution in [0.5, 0.6) is 0 Å². The van der Waals surface area contributed by atoms with E-state index in [1.165, 1.54) is 23.1 Å². The lowest BCUT2D eigenvalue weighted by molar-refractivity contribution is 0.0336. The molecule has 0 saturated carbocycles. The van der Waals surface area contributed by atoms with Crippen molar-refractivity contribution in [2.45, 2.75) is 26.5 Å². The third-order valence-corrected chi connectivity index (χ3v) is 4.89. The van der Waals surface area contributed by atoms with E-state index in [0.717, 1.165) is 11.1 Å². The molecular formula is C21H18N4O5. The highest BCUT2D eigenvalue weighted by atomic mass is 16.5. The molecule has 1 aliphatic heterocycles. The number of carbonyl (C=O) groups is 3. The Labute approximate surface area is 170 Å². The minimum absolute atomic E-state index is 0.106. The van der Waals surface area contributed by atoms with Crippen molar-refractivity contribution in [2.24, 2.45) is 0 Å². The van der Waals surface area contributed by atoms with E-state index in [-0.39, 0.29) is 22.6 Å². The number of nitrogens with zero attached hydrogens (tertiary/aromatic N) is 4. The molecule has 9 nitrogen and oxygen atoms in total. The molecule has 2 aromatic carbocycles. The predicted molar refractivity (Wildman–Crippen MR) is 106 cm³/mol. The lowest BCUT2D eigenvalue weighted by Crippen LogP contribution is -2.30. The molecule has 4 rings (SSSR count). The summed E-state index contributed by atoms with van der Waals surface area (Å²) in [6, 6.07) is 10.9. The van der Waals surface area contributed by atoms with Crippen LogP contribution in [0, 0.1) is 0 Å². The maximum atomic E-state index is 12.5. The van der Waals surface area contributed by atoms with E-state index < -0.39 is 24.2 Å². The first-order chi connectivity index (χ1) is 14.5. The fraction of sp³-hybridized carbons (Fsp3) is 0.238. The summed E-state index contributed by atoms with van der Waals surface area (Å²) in [5.74, 6) is -1.53. The van der Waals surface area contributed by atoms with Gasteiger partial charge in [0.25, 0.3) is 17.4 Å². The number of hydrogen-bond donors (Lipinski definition) is 0. The number of unbranched alkanes of at least 4 members (excludes halogenated alkanes) is 1. The number of fused-ring (bicyclic) bond motifs is 2. The summed E-state index contributed by atoms with van der Waals surface area (Å²) in [6.07, 6.45) is 1.56. The average molecular weight is 406 g/mol. The third kappa shape index (κ3) is 3.34. The highest BCUT2D eigenvalue weighted by molar-refractivity contribution is 6.21. The first-order valence-electron chi connectivity index (χ1n) is 9.51. The Morgan fingerprint density at radius 3 is 2.60 bits per heavy atom. The van der Waals surface area contributed by atoms with Gasteiger partial charge in [0, 0.05) is 6.54 Å².